The summed E-state index contributed by atoms with van der Waals surface area (Å²) in [6.07, 6.45) is 3.06. The minimum atomic E-state index is 0.484. The summed E-state index contributed by atoms with van der Waals surface area (Å²) in [7, 11) is 0. The molecule has 1 aliphatic rings. The standard InChI is InChI=1S/C17H16N2O2/c1-11-8-12(2-6-16(11)18-20)9-13-3-7-17(19-21)15(10-13)14-4-5-14/h2-3,6-8,10,14H,4-5,9H2,1H3. The third kappa shape index (κ3) is 2.89. The first-order chi connectivity index (χ1) is 10.2. The highest BCUT2D eigenvalue weighted by atomic mass is 16.3. The molecule has 0 bridgehead atoms. The van der Waals surface area contributed by atoms with Crippen LogP contribution in [0.4, 0.5) is 11.4 Å². The number of nitroso groups, excluding NO2 is 2. The van der Waals surface area contributed by atoms with Crippen LogP contribution >= 0.6 is 0 Å². The molecule has 4 nitrogen and oxygen atoms in total. The maximum absolute atomic E-state index is 10.9. The molecule has 21 heavy (non-hydrogen) atoms. The van der Waals surface area contributed by atoms with Gasteiger partial charge in [-0.2, -0.15) is 0 Å². The Labute approximate surface area is 123 Å². The number of aryl methyl sites for hydroxylation is 1. The molecule has 0 radical (unpaired) electrons. The van der Waals surface area contributed by atoms with E-state index in [1.165, 1.54) is 0 Å². The van der Waals surface area contributed by atoms with E-state index >= 15 is 0 Å². The Morgan fingerprint density at radius 2 is 1.57 bits per heavy atom. The minimum Gasteiger partial charge on any atom is -0.145 e. The second-order valence-corrected chi connectivity index (χ2v) is 5.65. The van der Waals surface area contributed by atoms with Crippen LogP contribution in [0.2, 0.25) is 0 Å². The van der Waals surface area contributed by atoms with Crippen LogP contribution in [-0.4, -0.2) is 0 Å². The van der Waals surface area contributed by atoms with Gasteiger partial charge < -0.3 is 0 Å². The van der Waals surface area contributed by atoms with Crippen LogP contribution in [-0.2, 0) is 6.42 Å². The molecule has 0 atom stereocenters. The van der Waals surface area contributed by atoms with Crippen molar-refractivity contribution in [2.24, 2.45) is 10.4 Å². The van der Waals surface area contributed by atoms with E-state index in [4.69, 9.17) is 0 Å². The van der Waals surface area contributed by atoms with Gasteiger partial charge in [-0.3, -0.25) is 0 Å². The lowest BCUT2D eigenvalue weighted by Crippen LogP contribution is -1.91. The van der Waals surface area contributed by atoms with Crippen molar-refractivity contribution < 1.29 is 0 Å². The number of benzene rings is 2. The Bertz CT molecular complexity index is 706. The predicted molar refractivity (Wildman–Crippen MR) is 83.3 cm³/mol. The van der Waals surface area contributed by atoms with Crippen LogP contribution < -0.4 is 0 Å². The Morgan fingerprint density at radius 1 is 0.952 bits per heavy atom. The van der Waals surface area contributed by atoms with E-state index in [1.807, 2.05) is 31.2 Å². The van der Waals surface area contributed by atoms with Gasteiger partial charge in [-0.15, -0.1) is 9.81 Å². The van der Waals surface area contributed by atoms with Gasteiger partial charge in [-0.25, -0.2) is 0 Å². The van der Waals surface area contributed by atoms with Crippen molar-refractivity contribution in [1.29, 1.82) is 0 Å². The van der Waals surface area contributed by atoms with Crippen LogP contribution in [0, 0.1) is 16.7 Å². The van der Waals surface area contributed by atoms with E-state index in [9.17, 15) is 9.81 Å². The van der Waals surface area contributed by atoms with Gasteiger partial charge in [0.05, 0.1) is 0 Å². The maximum Gasteiger partial charge on any atom is 0.111 e. The van der Waals surface area contributed by atoms with Gasteiger partial charge in [0.15, 0.2) is 0 Å². The zero-order chi connectivity index (χ0) is 14.8. The van der Waals surface area contributed by atoms with Crippen molar-refractivity contribution in [3.05, 3.63) is 68.5 Å². The van der Waals surface area contributed by atoms with Gasteiger partial charge in [0.25, 0.3) is 0 Å². The molecule has 2 aromatic carbocycles. The average Bonchev–Trinajstić information content (AvgIpc) is 3.32. The van der Waals surface area contributed by atoms with Crippen LogP contribution in [0.3, 0.4) is 0 Å². The molecule has 0 aliphatic heterocycles. The van der Waals surface area contributed by atoms with Crippen molar-refractivity contribution in [2.45, 2.75) is 32.1 Å². The topological polar surface area (TPSA) is 58.9 Å². The van der Waals surface area contributed by atoms with E-state index in [0.29, 0.717) is 17.3 Å². The molecule has 3 rings (SSSR count). The molecule has 0 heterocycles. The summed E-state index contributed by atoms with van der Waals surface area (Å²) in [5, 5.41) is 6.11. The van der Waals surface area contributed by atoms with E-state index in [2.05, 4.69) is 16.4 Å². The molecule has 0 N–H and O–H groups in total. The maximum atomic E-state index is 10.9. The first kappa shape index (κ1) is 13.6. The summed E-state index contributed by atoms with van der Waals surface area (Å²) in [5.74, 6) is 0.501. The van der Waals surface area contributed by atoms with Crippen LogP contribution in [0.1, 0.15) is 41.0 Å². The third-order valence-corrected chi connectivity index (χ3v) is 3.98. The monoisotopic (exact) mass is 280 g/mol. The van der Waals surface area contributed by atoms with Gasteiger partial charge in [0, 0.05) is 0 Å². The van der Waals surface area contributed by atoms with E-state index < -0.39 is 0 Å². The molecule has 2 aromatic rings. The highest BCUT2D eigenvalue weighted by Gasteiger charge is 2.26. The summed E-state index contributed by atoms with van der Waals surface area (Å²) in [6, 6.07) is 11.5. The van der Waals surface area contributed by atoms with Crippen LogP contribution in [0.5, 0.6) is 0 Å². The lowest BCUT2D eigenvalue weighted by Gasteiger charge is -2.08. The quantitative estimate of drug-likeness (QED) is 0.701. The Hall–Kier alpha value is -2.36. The number of hydrogen-bond donors (Lipinski definition) is 0. The predicted octanol–water partition coefficient (Wildman–Crippen LogP) is 5.26. The summed E-state index contributed by atoms with van der Waals surface area (Å²) >= 11 is 0. The zero-order valence-electron chi connectivity index (χ0n) is 11.9. The summed E-state index contributed by atoms with van der Waals surface area (Å²) < 4.78 is 0. The third-order valence-electron chi connectivity index (χ3n) is 3.98. The summed E-state index contributed by atoms with van der Waals surface area (Å²) in [4.78, 5) is 21.5. The molecule has 0 spiro atoms. The average molecular weight is 280 g/mol. The normalized spacial score (nSPS) is 14.0. The van der Waals surface area contributed by atoms with Crippen molar-refractivity contribution in [1.82, 2.24) is 0 Å². The zero-order valence-corrected chi connectivity index (χ0v) is 11.9. The molecule has 1 fully saturated rings. The first-order valence-electron chi connectivity index (χ1n) is 7.10. The fourth-order valence-corrected chi connectivity index (χ4v) is 2.68. The molecule has 0 aromatic heterocycles. The molecule has 0 unspecified atom stereocenters. The molecule has 4 heteroatoms. The van der Waals surface area contributed by atoms with E-state index in [0.717, 1.165) is 41.5 Å². The number of rotatable bonds is 5. The molecule has 1 saturated carbocycles. The van der Waals surface area contributed by atoms with Crippen molar-refractivity contribution in [2.75, 3.05) is 0 Å². The highest BCUT2D eigenvalue weighted by Crippen LogP contribution is 2.44. The number of hydrogen-bond acceptors (Lipinski definition) is 4. The molecular weight excluding hydrogens is 264 g/mol. The smallest absolute Gasteiger partial charge is 0.111 e. The SMILES string of the molecule is Cc1cc(Cc2ccc(N=O)c(C3CC3)c2)ccc1N=O. The summed E-state index contributed by atoms with van der Waals surface area (Å²) in [5.41, 5.74) is 5.31. The molecule has 0 amide bonds. The Balaban J connectivity index is 1.87. The fraction of sp³-hybridized carbons (Fsp3) is 0.294. The minimum absolute atomic E-state index is 0.484. The van der Waals surface area contributed by atoms with E-state index in [1.54, 1.807) is 6.07 Å². The first-order valence-corrected chi connectivity index (χ1v) is 7.10. The van der Waals surface area contributed by atoms with Crippen LogP contribution in [0.25, 0.3) is 0 Å². The Morgan fingerprint density at radius 3 is 2.14 bits per heavy atom. The van der Waals surface area contributed by atoms with Crippen LogP contribution in [0.15, 0.2) is 46.8 Å². The highest BCUT2D eigenvalue weighted by molar-refractivity contribution is 5.52. The molecular formula is C17H16N2O2. The lowest BCUT2D eigenvalue weighted by molar-refractivity contribution is 1.09. The second kappa shape index (κ2) is 5.56. The van der Waals surface area contributed by atoms with Gasteiger partial charge in [-0.1, -0.05) is 24.3 Å². The largest absolute Gasteiger partial charge is 0.145 e. The second-order valence-electron chi connectivity index (χ2n) is 5.65. The summed E-state index contributed by atoms with van der Waals surface area (Å²) in [6.45, 7) is 1.88. The van der Waals surface area contributed by atoms with Gasteiger partial charge in [0.2, 0.25) is 0 Å². The lowest BCUT2D eigenvalue weighted by atomic mass is 9.98. The van der Waals surface area contributed by atoms with Gasteiger partial charge in [-0.05, 0) is 76.8 Å². The molecule has 0 saturated heterocycles. The molecule has 106 valence electrons. The fourth-order valence-electron chi connectivity index (χ4n) is 2.68. The van der Waals surface area contributed by atoms with Crippen molar-refractivity contribution in [3.8, 4) is 0 Å². The Kier molecular flexibility index (Phi) is 3.60. The van der Waals surface area contributed by atoms with Gasteiger partial charge in [0.1, 0.15) is 11.4 Å². The van der Waals surface area contributed by atoms with Crippen molar-refractivity contribution >= 4 is 11.4 Å². The van der Waals surface area contributed by atoms with E-state index in [-0.39, 0.29) is 0 Å². The van der Waals surface area contributed by atoms with Gasteiger partial charge >= 0.3 is 0 Å². The molecule has 1 aliphatic carbocycles. The van der Waals surface area contributed by atoms with Crippen molar-refractivity contribution in [3.63, 3.8) is 0 Å². The number of nitrogens with zero attached hydrogens (tertiary/aromatic N) is 2.